The molecule has 0 saturated carbocycles. The first-order chi connectivity index (χ1) is 12.5. The van der Waals surface area contributed by atoms with Crippen molar-refractivity contribution in [2.24, 2.45) is 0 Å². The van der Waals surface area contributed by atoms with Crippen LogP contribution in [0.5, 0.6) is 0 Å². The van der Waals surface area contributed by atoms with E-state index in [9.17, 15) is 9.59 Å². The lowest BCUT2D eigenvalue weighted by Crippen LogP contribution is -2.53. The smallest absolute Gasteiger partial charge is 0.404 e. The Balaban J connectivity index is 1.93. The Kier molecular flexibility index (Phi) is 5.56. The van der Waals surface area contributed by atoms with Gasteiger partial charge in [0, 0.05) is 24.2 Å². The van der Waals surface area contributed by atoms with E-state index in [0.29, 0.717) is 10.6 Å². The van der Waals surface area contributed by atoms with Crippen LogP contribution in [0.1, 0.15) is 40.9 Å². The Labute approximate surface area is 156 Å². The first-order valence-corrected chi connectivity index (χ1v) is 9.61. The van der Waals surface area contributed by atoms with Gasteiger partial charge in [-0.15, -0.1) is 11.3 Å². The number of amides is 2. The number of nitrogens with one attached hydrogen (secondary N) is 1. The molecule has 6 nitrogen and oxygen atoms in total. The normalized spacial score (nSPS) is 20.0. The Morgan fingerprint density at radius 3 is 2.73 bits per heavy atom. The fourth-order valence-corrected chi connectivity index (χ4v) is 4.42. The molecule has 26 heavy (non-hydrogen) atoms. The molecule has 0 radical (unpaired) electrons. The van der Waals surface area contributed by atoms with E-state index < -0.39 is 6.09 Å². The van der Waals surface area contributed by atoms with E-state index in [4.69, 9.17) is 5.11 Å². The number of thiazole rings is 1. The number of aryl methyl sites for hydroxylation is 1. The zero-order chi connectivity index (χ0) is 18.7. The standard InChI is InChI=1S/C19H23N3O3S/c1-12-7-6-10-15(11-20-19(24)25)22(12)18(23)17-16(21-13(2)26-17)14-8-4-3-5-9-14/h3-5,8-9,12,15,20H,6-7,10-11H2,1-2H3,(H,24,25). The quantitative estimate of drug-likeness (QED) is 0.855. The molecule has 2 aromatic rings. The molecule has 0 bridgehead atoms. The number of likely N-dealkylation sites (tertiary alicyclic amines) is 1. The molecular formula is C19H23N3O3S. The summed E-state index contributed by atoms with van der Waals surface area (Å²) in [5.41, 5.74) is 1.63. The molecule has 1 fully saturated rings. The molecule has 2 N–H and O–H groups in total. The molecule has 138 valence electrons. The molecular weight excluding hydrogens is 350 g/mol. The molecule has 0 aliphatic carbocycles. The molecule has 1 aromatic carbocycles. The number of piperidine rings is 1. The number of aromatic nitrogens is 1. The highest BCUT2D eigenvalue weighted by Gasteiger charge is 2.34. The second-order valence-electron chi connectivity index (χ2n) is 6.61. The molecule has 1 aliphatic heterocycles. The summed E-state index contributed by atoms with van der Waals surface area (Å²) in [6.45, 7) is 4.18. The minimum Gasteiger partial charge on any atom is -0.465 e. The number of rotatable bonds is 4. The number of carboxylic acid groups (broad SMARTS) is 1. The summed E-state index contributed by atoms with van der Waals surface area (Å²) in [7, 11) is 0. The first-order valence-electron chi connectivity index (χ1n) is 8.79. The summed E-state index contributed by atoms with van der Waals surface area (Å²) < 4.78 is 0. The number of hydrogen-bond donors (Lipinski definition) is 2. The largest absolute Gasteiger partial charge is 0.465 e. The lowest BCUT2D eigenvalue weighted by atomic mass is 9.95. The van der Waals surface area contributed by atoms with Gasteiger partial charge >= 0.3 is 6.09 Å². The van der Waals surface area contributed by atoms with E-state index in [-0.39, 0.29) is 24.5 Å². The number of carbonyl (C=O) groups excluding carboxylic acids is 1. The molecule has 1 aromatic heterocycles. The summed E-state index contributed by atoms with van der Waals surface area (Å²) in [6, 6.07) is 9.65. The maximum atomic E-state index is 13.4. The van der Waals surface area contributed by atoms with E-state index in [1.807, 2.05) is 49.1 Å². The van der Waals surface area contributed by atoms with Crippen molar-refractivity contribution in [1.82, 2.24) is 15.2 Å². The third-order valence-corrected chi connectivity index (χ3v) is 5.69. The fourth-order valence-electron chi connectivity index (χ4n) is 3.54. The Bertz CT molecular complexity index is 791. The highest BCUT2D eigenvalue weighted by molar-refractivity contribution is 7.14. The van der Waals surface area contributed by atoms with Gasteiger partial charge < -0.3 is 15.3 Å². The minimum absolute atomic E-state index is 0.0566. The van der Waals surface area contributed by atoms with E-state index in [1.54, 1.807) is 0 Å². The van der Waals surface area contributed by atoms with Crippen molar-refractivity contribution < 1.29 is 14.7 Å². The number of nitrogens with zero attached hydrogens (tertiary/aromatic N) is 2. The van der Waals surface area contributed by atoms with Crippen molar-refractivity contribution in [3.63, 3.8) is 0 Å². The molecule has 2 atom stereocenters. The van der Waals surface area contributed by atoms with Crippen LogP contribution in [0.25, 0.3) is 11.3 Å². The predicted molar refractivity (Wildman–Crippen MR) is 102 cm³/mol. The van der Waals surface area contributed by atoms with Crippen LogP contribution in [0.3, 0.4) is 0 Å². The van der Waals surface area contributed by atoms with Crippen LogP contribution < -0.4 is 5.32 Å². The second kappa shape index (κ2) is 7.86. The van der Waals surface area contributed by atoms with Gasteiger partial charge in [0.25, 0.3) is 5.91 Å². The van der Waals surface area contributed by atoms with Crippen LogP contribution in [0.2, 0.25) is 0 Å². The molecule has 3 rings (SSSR count). The van der Waals surface area contributed by atoms with E-state index in [1.165, 1.54) is 11.3 Å². The molecule has 2 unspecified atom stereocenters. The van der Waals surface area contributed by atoms with Gasteiger partial charge in [-0.2, -0.15) is 0 Å². The van der Waals surface area contributed by atoms with Crippen molar-refractivity contribution in [1.29, 1.82) is 0 Å². The SMILES string of the molecule is Cc1nc(-c2ccccc2)c(C(=O)N2C(C)CCCC2CNC(=O)O)s1. The van der Waals surface area contributed by atoms with Crippen molar-refractivity contribution in [2.45, 2.75) is 45.2 Å². The second-order valence-corrected chi connectivity index (χ2v) is 7.81. The minimum atomic E-state index is -1.06. The summed E-state index contributed by atoms with van der Waals surface area (Å²) in [4.78, 5) is 31.3. The van der Waals surface area contributed by atoms with E-state index in [0.717, 1.165) is 29.8 Å². The maximum absolute atomic E-state index is 13.4. The predicted octanol–water partition coefficient (Wildman–Crippen LogP) is 3.77. The lowest BCUT2D eigenvalue weighted by molar-refractivity contribution is 0.0484. The maximum Gasteiger partial charge on any atom is 0.404 e. The first kappa shape index (κ1) is 18.4. The van der Waals surface area contributed by atoms with Gasteiger partial charge in [0.2, 0.25) is 0 Å². The average molecular weight is 373 g/mol. The third kappa shape index (κ3) is 3.88. The highest BCUT2D eigenvalue weighted by Crippen LogP contribution is 2.32. The van der Waals surface area contributed by atoms with Gasteiger partial charge in [0.15, 0.2) is 0 Å². The van der Waals surface area contributed by atoms with Gasteiger partial charge in [-0.1, -0.05) is 30.3 Å². The van der Waals surface area contributed by atoms with Crippen molar-refractivity contribution >= 4 is 23.3 Å². The Hall–Kier alpha value is -2.41. The topological polar surface area (TPSA) is 82.5 Å². The number of benzene rings is 1. The summed E-state index contributed by atoms with van der Waals surface area (Å²) in [5.74, 6) is -0.0566. The molecule has 2 amide bonds. The monoisotopic (exact) mass is 373 g/mol. The van der Waals surface area contributed by atoms with Gasteiger partial charge in [-0.25, -0.2) is 9.78 Å². The third-order valence-electron chi connectivity index (χ3n) is 4.73. The van der Waals surface area contributed by atoms with Crippen LogP contribution in [0.15, 0.2) is 30.3 Å². The van der Waals surface area contributed by atoms with Crippen molar-refractivity contribution in [3.8, 4) is 11.3 Å². The molecule has 1 aliphatic rings. The van der Waals surface area contributed by atoms with Crippen LogP contribution >= 0.6 is 11.3 Å². The van der Waals surface area contributed by atoms with Crippen LogP contribution in [0.4, 0.5) is 4.79 Å². The summed E-state index contributed by atoms with van der Waals surface area (Å²) in [6.07, 6.45) is 1.65. The Morgan fingerprint density at radius 1 is 1.31 bits per heavy atom. The fraction of sp³-hybridized carbons (Fsp3) is 0.421. The highest BCUT2D eigenvalue weighted by atomic mass is 32.1. The van der Waals surface area contributed by atoms with Crippen molar-refractivity contribution in [2.75, 3.05) is 6.54 Å². The number of carbonyl (C=O) groups is 2. The molecule has 1 saturated heterocycles. The van der Waals surface area contributed by atoms with Crippen molar-refractivity contribution in [3.05, 3.63) is 40.2 Å². The summed E-state index contributed by atoms with van der Waals surface area (Å²) >= 11 is 1.40. The zero-order valence-corrected chi connectivity index (χ0v) is 15.8. The van der Waals surface area contributed by atoms with Gasteiger partial charge in [-0.3, -0.25) is 4.79 Å². The van der Waals surface area contributed by atoms with Gasteiger partial charge in [0.05, 0.1) is 10.7 Å². The average Bonchev–Trinajstić information content (AvgIpc) is 3.02. The van der Waals surface area contributed by atoms with E-state index >= 15 is 0 Å². The van der Waals surface area contributed by atoms with Crippen LogP contribution in [-0.4, -0.2) is 45.6 Å². The van der Waals surface area contributed by atoms with E-state index in [2.05, 4.69) is 10.3 Å². The summed E-state index contributed by atoms with van der Waals surface area (Å²) in [5, 5.41) is 12.2. The number of hydrogen-bond acceptors (Lipinski definition) is 4. The lowest BCUT2D eigenvalue weighted by Gasteiger charge is -2.40. The van der Waals surface area contributed by atoms with Gasteiger partial charge in [0.1, 0.15) is 4.88 Å². The Morgan fingerprint density at radius 2 is 2.04 bits per heavy atom. The zero-order valence-electron chi connectivity index (χ0n) is 14.9. The van der Waals surface area contributed by atoms with Crippen LogP contribution in [-0.2, 0) is 0 Å². The molecule has 7 heteroatoms. The van der Waals surface area contributed by atoms with Crippen LogP contribution in [0, 0.1) is 6.92 Å². The molecule has 2 heterocycles. The van der Waals surface area contributed by atoms with Gasteiger partial charge in [-0.05, 0) is 33.1 Å². The molecule has 0 spiro atoms.